The number of hydrogen-bond acceptors (Lipinski definition) is 7. The van der Waals surface area contributed by atoms with E-state index < -0.39 is 10.4 Å². The minimum absolute atomic E-state index is 0.0258. The van der Waals surface area contributed by atoms with Crippen molar-refractivity contribution in [1.82, 2.24) is 4.98 Å². The Balaban J connectivity index is 0.000000555. The molecule has 1 heterocycles. The summed E-state index contributed by atoms with van der Waals surface area (Å²) in [6.07, 6.45) is 13.6. The molecule has 0 aliphatic carbocycles. The van der Waals surface area contributed by atoms with Crippen molar-refractivity contribution in [2.75, 3.05) is 26.4 Å². The second kappa shape index (κ2) is 18.5. The summed E-state index contributed by atoms with van der Waals surface area (Å²) in [6.45, 7) is 6.04. The highest BCUT2D eigenvalue weighted by molar-refractivity contribution is 7.80. The summed E-state index contributed by atoms with van der Waals surface area (Å²) in [4.78, 5) is 14.1. The molecular formula is C19H36N2O7S. The molecule has 170 valence electrons. The van der Waals surface area contributed by atoms with Gasteiger partial charge in [0.1, 0.15) is 19.0 Å². The number of rotatable bonds is 16. The van der Waals surface area contributed by atoms with Gasteiger partial charge in [-0.15, -0.1) is 0 Å². The minimum atomic E-state index is -4.47. The lowest BCUT2D eigenvalue weighted by molar-refractivity contribution is -0.684. The molecule has 9 nitrogen and oxygen atoms in total. The first kappa shape index (κ1) is 27.5. The molecule has 0 aromatic carbocycles. The van der Waals surface area contributed by atoms with Gasteiger partial charge in [-0.05, 0) is 12.8 Å². The molecule has 0 aliphatic heterocycles. The van der Waals surface area contributed by atoms with E-state index in [0.29, 0.717) is 19.6 Å². The van der Waals surface area contributed by atoms with E-state index in [0.717, 1.165) is 32.3 Å². The van der Waals surface area contributed by atoms with E-state index in [4.69, 9.17) is 9.47 Å². The molecule has 0 spiro atoms. The number of carbonyl (C=O) groups excluding carboxylic acids is 1. The Labute approximate surface area is 174 Å². The summed E-state index contributed by atoms with van der Waals surface area (Å²) in [6, 6.07) is 0. The number of nitrogens with zero attached hydrogens (tertiary/aromatic N) is 1. The molecule has 0 saturated heterocycles. The first-order chi connectivity index (χ1) is 13.9. The van der Waals surface area contributed by atoms with Gasteiger partial charge < -0.3 is 14.0 Å². The zero-order chi connectivity index (χ0) is 21.8. The third-order valence-electron chi connectivity index (χ3n) is 3.77. The van der Waals surface area contributed by atoms with E-state index in [9.17, 15) is 17.8 Å². The molecule has 0 atom stereocenters. The van der Waals surface area contributed by atoms with Crippen LogP contribution in [-0.4, -0.2) is 50.4 Å². The molecule has 1 aromatic heterocycles. The SMILES string of the molecule is CCCCCCCCOS(=O)(=O)[O-].CCCCOCCOC(=O)C[n+]1cc[nH]c1. The highest BCUT2D eigenvalue weighted by Crippen LogP contribution is 2.05. The zero-order valence-corrected chi connectivity index (χ0v) is 18.5. The van der Waals surface area contributed by atoms with E-state index in [1.54, 1.807) is 23.3 Å². The van der Waals surface area contributed by atoms with Crippen LogP contribution in [-0.2, 0) is 35.4 Å². The third kappa shape index (κ3) is 21.0. The maximum atomic E-state index is 11.3. The van der Waals surface area contributed by atoms with Crippen molar-refractivity contribution in [3.05, 3.63) is 18.7 Å². The third-order valence-corrected chi connectivity index (χ3v) is 4.23. The van der Waals surface area contributed by atoms with Crippen molar-refractivity contribution in [2.24, 2.45) is 0 Å². The average molecular weight is 437 g/mol. The predicted molar refractivity (Wildman–Crippen MR) is 107 cm³/mol. The first-order valence-electron chi connectivity index (χ1n) is 10.2. The van der Waals surface area contributed by atoms with Gasteiger partial charge in [0.05, 0.1) is 13.2 Å². The fourth-order valence-electron chi connectivity index (χ4n) is 2.22. The highest BCUT2D eigenvalue weighted by Gasteiger charge is 2.07. The van der Waals surface area contributed by atoms with E-state index in [1.807, 2.05) is 0 Å². The number of nitrogens with one attached hydrogen (secondary N) is 1. The van der Waals surface area contributed by atoms with Crippen LogP contribution >= 0.6 is 0 Å². The second-order valence-corrected chi connectivity index (χ2v) is 7.52. The highest BCUT2D eigenvalue weighted by atomic mass is 32.3. The maximum Gasteiger partial charge on any atom is 0.348 e. The monoisotopic (exact) mass is 436 g/mol. The summed E-state index contributed by atoms with van der Waals surface area (Å²) in [5.74, 6) is -0.247. The first-order valence-corrected chi connectivity index (χ1v) is 11.6. The van der Waals surface area contributed by atoms with Crippen molar-refractivity contribution in [2.45, 2.75) is 71.8 Å². The molecule has 1 rings (SSSR count). The van der Waals surface area contributed by atoms with Crippen LogP contribution in [0.3, 0.4) is 0 Å². The molecule has 0 saturated carbocycles. The number of aromatic amines is 1. The molecule has 29 heavy (non-hydrogen) atoms. The fraction of sp³-hybridized carbons (Fsp3) is 0.789. The van der Waals surface area contributed by atoms with Gasteiger partial charge in [0, 0.05) is 6.61 Å². The zero-order valence-electron chi connectivity index (χ0n) is 17.6. The lowest BCUT2D eigenvalue weighted by Crippen LogP contribution is -2.36. The molecule has 10 heteroatoms. The summed E-state index contributed by atoms with van der Waals surface area (Å²) >= 11 is 0. The van der Waals surface area contributed by atoms with Gasteiger partial charge in [-0.25, -0.2) is 17.8 Å². The van der Waals surface area contributed by atoms with Crippen molar-refractivity contribution >= 4 is 16.4 Å². The predicted octanol–water partition coefficient (Wildman–Crippen LogP) is 2.49. The maximum absolute atomic E-state index is 11.3. The van der Waals surface area contributed by atoms with Gasteiger partial charge in [0.2, 0.25) is 16.7 Å². The van der Waals surface area contributed by atoms with Gasteiger partial charge in [-0.1, -0.05) is 52.4 Å². The normalized spacial score (nSPS) is 11.0. The smallest absolute Gasteiger partial charge is 0.348 e. The van der Waals surface area contributed by atoms with Crippen LogP contribution in [0.2, 0.25) is 0 Å². The fourth-order valence-corrected chi connectivity index (χ4v) is 2.54. The molecule has 0 fully saturated rings. The summed E-state index contributed by atoms with van der Waals surface area (Å²) in [5, 5.41) is 0. The number of aromatic nitrogens is 2. The molecule has 1 N–H and O–H groups in total. The van der Waals surface area contributed by atoms with Gasteiger partial charge in [0.15, 0.2) is 6.54 Å². The molecule has 0 unspecified atom stereocenters. The molecule has 0 aliphatic rings. The second-order valence-electron chi connectivity index (χ2n) is 6.47. The Hall–Kier alpha value is -1.49. The number of H-pyrrole nitrogens is 1. The molecule has 0 radical (unpaired) electrons. The molecule has 1 aromatic rings. The van der Waals surface area contributed by atoms with Gasteiger partial charge in [-0.3, -0.25) is 9.17 Å². The van der Waals surface area contributed by atoms with Crippen molar-refractivity contribution < 1.29 is 36.0 Å². The molecular weight excluding hydrogens is 400 g/mol. The van der Waals surface area contributed by atoms with Crippen LogP contribution in [0.5, 0.6) is 0 Å². The van der Waals surface area contributed by atoms with E-state index in [1.165, 1.54) is 19.3 Å². The lowest BCUT2D eigenvalue weighted by Gasteiger charge is -2.06. The largest absolute Gasteiger partial charge is 0.726 e. The summed E-state index contributed by atoms with van der Waals surface area (Å²) < 4.78 is 46.0. The van der Waals surface area contributed by atoms with Crippen molar-refractivity contribution in [3.63, 3.8) is 0 Å². The number of ether oxygens (including phenoxy) is 2. The van der Waals surface area contributed by atoms with Crippen LogP contribution < -0.4 is 4.57 Å². The standard InChI is InChI=1S/C11H18N2O3.C8H18O4S/c1-2-3-6-15-7-8-16-11(14)9-13-5-4-12-10-13;1-2-3-4-5-6-7-8-12-13(9,10)11/h4-5,10H,2-3,6-9H2,1H3;2-8H2,1H3,(H,9,10,11). The van der Waals surface area contributed by atoms with E-state index >= 15 is 0 Å². The van der Waals surface area contributed by atoms with E-state index in [2.05, 4.69) is 23.0 Å². The van der Waals surface area contributed by atoms with Crippen LogP contribution in [0, 0.1) is 0 Å². The minimum Gasteiger partial charge on any atom is -0.726 e. The average Bonchev–Trinajstić information content (AvgIpc) is 3.16. The number of hydrogen-bond donors (Lipinski definition) is 1. The Morgan fingerprint density at radius 2 is 1.66 bits per heavy atom. The van der Waals surface area contributed by atoms with E-state index in [-0.39, 0.29) is 19.1 Å². The van der Waals surface area contributed by atoms with Crippen LogP contribution in [0.1, 0.15) is 65.2 Å². The number of esters is 1. The van der Waals surface area contributed by atoms with Crippen LogP contribution in [0.4, 0.5) is 0 Å². The Kier molecular flexibility index (Phi) is 17.6. The molecule has 0 bridgehead atoms. The quantitative estimate of drug-likeness (QED) is 0.139. The summed E-state index contributed by atoms with van der Waals surface area (Å²) in [5.41, 5.74) is 0. The van der Waals surface area contributed by atoms with Crippen LogP contribution in [0.15, 0.2) is 18.7 Å². The molecule has 0 amide bonds. The van der Waals surface area contributed by atoms with Gasteiger partial charge in [-0.2, -0.15) is 0 Å². The number of carbonyl (C=O) groups is 1. The van der Waals surface area contributed by atoms with Crippen molar-refractivity contribution in [1.29, 1.82) is 0 Å². The Bertz CT molecular complexity index is 592. The van der Waals surface area contributed by atoms with Gasteiger partial charge >= 0.3 is 5.97 Å². The number of imidazole rings is 1. The number of unbranched alkanes of at least 4 members (excludes halogenated alkanes) is 6. The lowest BCUT2D eigenvalue weighted by atomic mass is 10.1. The van der Waals surface area contributed by atoms with Crippen LogP contribution in [0.25, 0.3) is 0 Å². The van der Waals surface area contributed by atoms with Crippen molar-refractivity contribution in [3.8, 4) is 0 Å². The summed E-state index contributed by atoms with van der Waals surface area (Å²) in [7, 11) is -4.47. The Morgan fingerprint density at radius 3 is 2.28 bits per heavy atom. The topological polar surface area (TPSA) is 122 Å². The Morgan fingerprint density at radius 1 is 0.966 bits per heavy atom. The van der Waals surface area contributed by atoms with Gasteiger partial charge in [0.25, 0.3) is 0 Å².